The second kappa shape index (κ2) is 11.5. The maximum Gasteiger partial charge on any atom is 0.248 e. The smallest absolute Gasteiger partial charge is 0.248 e. The highest BCUT2D eigenvalue weighted by Gasteiger charge is 2.22. The first-order chi connectivity index (χ1) is 21.2. The summed E-state index contributed by atoms with van der Waals surface area (Å²) in [5.41, 5.74) is 17.7. The first kappa shape index (κ1) is 28.3. The second-order valence-corrected chi connectivity index (χ2v) is 10.4. The van der Waals surface area contributed by atoms with Crippen LogP contribution in [0.25, 0.3) is 34.1 Å². The van der Waals surface area contributed by atoms with Crippen LogP contribution < -0.4 is 11.5 Å². The number of carbonyl (C=O) groups is 2. The quantitative estimate of drug-likeness (QED) is 0.258. The third-order valence-corrected chi connectivity index (χ3v) is 7.50. The number of nitrogens with zero attached hydrogens (tertiary/aromatic N) is 6. The molecule has 2 radical (unpaired) electrons. The Morgan fingerprint density at radius 3 is 2.52 bits per heavy atom. The van der Waals surface area contributed by atoms with Crippen LogP contribution in [0.15, 0.2) is 79.3 Å². The van der Waals surface area contributed by atoms with E-state index < -0.39 is 11.6 Å². The zero-order valence-corrected chi connectivity index (χ0v) is 23.8. The Morgan fingerprint density at radius 2 is 1.80 bits per heavy atom. The maximum atomic E-state index is 10.7. The number of hydrogen-bond donors (Lipinski definition) is 3. The van der Waals surface area contributed by atoms with Gasteiger partial charge in [0.15, 0.2) is 25.1 Å². The number of amides is 1. The Labute approximate surface area is 253 Å². The van der Waals surface area contributed by atoms with Crippen molar-refractivity contribution in [3.8, 4) is 28.6 Å². The summed E-state index contributed by atoms with van der Waals surface area (Å²) in [5, 5.41) is 13.5. The zero-order chi connectivity index (χ0) is 31.0. The highest BCUT2D eigenvalue weighted by molar-refractivity contribution is 6.62. The fourth-order valence-corrected chi connectivity index (χ4v) is 5.32. The second-order valence-electron chi connectivity index (χ2n) is 10.4. The number of benzene rings is 2. The lowest BCUT2D eigenvalue weighted by molar-refractivity contribution is 0.1000. The van der Waals surface area contributed by atoms with Crippen molar-refractivity contribution in [1.82, 2.24) is 29.3 Å². The van der Waals surface area contributed by atoms with Gasteiger partial charge >= 0.3 is 0 Å². The predicted octanol–water partition coefficient (Wildman–Crippen LogP) is 3.85. The predicted molar refractivity (Wildman–Crippen MR) is 167 cm³/mol. The summed E-state index contributed by atoms with van der Waals surface area (Å²) >= 11 is 0. The number of primary amides is 1. The van der Waals surface area contributed by atoms with E-state index in [4.69, 9.17) is 34.4 Å². The molecule has 5 N–H and O–H groups in total. The van der Waals surface area contributed by atoms with Crippen LogP contribution in [-0.2, 0) is 12.8 Å². The summed E-state index contributed by atoms with van der Waals surface area (Å²) in [7, 11) is 4.93. The highest BCUT2D eigenvalue weighted by atomic mass is 16.3. The molecule has 2 aromatic carbocycles. The molecule has 0 unspecified atom stereocenters. The molecule has 0 saturated carbocycles. The first-order valence-corrected chi connectivity index (χ1v) is 13.9. The van der Waals surface area contributed by atoms with Crippen molar-refractivity contribution in [3.05, 3.63) is 107 Å². The van der Waals surface area contributed by atoms with Crippen molar-refractivity contribution in [2.45, 2.75) is 26.2 Å². The minimum absolute atomic E-state index is 0.115. The van der Waals surface area contributed by atoms with Gasteiger partial charge in [-0.25, -0.2) is 19.6 Å². The van der Waals surface area contributed by atoms with Crippen LogP contribution in [0, 0.1) is 6.92 Å². The normalized spacial score (nSPS) is 12.0. The van der Waals surface area contributed by atoms with Crippen LogP contribution in [-0.4, -0.2) is 53.8 Å². The molecule has 6 aromatic rings. The molecule has 7 rings (SSSR count). The minimum atomic E-state index is -0.805. The van der Waals surface area contributed by atoms with Crippen LogP contribution in [0.1, 0.15) is 43.8 Å². The van der Waals surface area contributed by atoms with E-state index in [1.165, 1.54) is 29.7 Å². The number of pyridine rings is 2. The summed E-state index contributed by atoms with van der Waals surface area (Å²) in [6, 6.07) is 18.0. The number of carbonyl (C=O) groups excluding carboxylic acids is 2. The summed E-state index contributed by atoms with van der Waals surface area (Å²) in [4.78, 5) is 35.6. The lowest BCUT2D eigenvalue weighted by atomic mass is 9.93. The number of phenols is 1. The number of aryl methyl sites for hydroxylation is 3. The summed E-state index contributed by atoms with van der Waals surface area (Å²) in [6.45, 7) is 2.05. The Hall–Kier alpha value is -5.78. The van der Waals surface area contributed by atoms with Gasteiger partial charge in [-0.3, -0.25) is 9.36 Å². The molecule has 0 fully saturated rings. The molecule has 4 aromatic heterocycles. The molecule has 12 heteroatoms. The van der Waals surface area contributed by atoms with Gasteiger partial charge in [0.05, 0.1) is 5.56 Å². The summed E-state index contributed by atoms with van der Waals surface area (Å²) in [5.74, 6) is 1.000. The summed E-state index contributed by atoms with van der Waals surface area (Å²) in [6.07, 6.45) is 8.78. The van der Waals surface area contributed by atoms with Crippen LogP contribution in [0.5, 0.6) is 5.75 Å². The molecule has 0 atom stereocenters. The van der Waals surface area contributed by atoms with Crippen LogP contribution in [0.2, 0.25) is 0 Å². The average molecular weight is 582 g/mol. The van der Waals surface area contributed by atoms with Gasteiger partial charge in [0.2, 0.25) is 5.91 Å². The van der Waals surface area contributed by atoms with E-state index in [-0.39, 0.29) is 16.9 Å². The third-order valence-electron chi connectivity index (χ3n) is 7.50. The fraction of sp³-hybridized carbons (Fsp3) is 0.125. The topological polar surface area (TPSA) is 168 Å². The van der Waals surface area contributed by atoms with Crippen LogP contribution in [0.3, 0.4) is 0 Å². The van der Waals surface area contributed by atoms with Gasteiger partial charge in [-0.15, -0.1) is 0 Å². The molecular formula is C32H27BN8O3. The molecule has 1 aliphatic carbocycles. The van der Waals surface area contributed by atoms with Gasteiger partial charge in [0.25, 0.3) is 0 Å². The van der Waals surface area contributed by atoms with Gasteiger partial charge in [-0.1, -0.05) is 6.07 Å². The Morgan fingerprint density at radius 1 is 0.977 bits per heavy atom. The number of fused-ring (bicyclic) bond motifs is 2. The molecule has 0 spiro atoms. The van der Waals surface area contributed by atoms with Crippen molar-refractivity contribution >= 4 is 36.4 Å². The molecule has 0 bridgehead atoms. The molecule has 1 aliphatic rings. The molecule has 44 heavy (non-hydrogen) atoms. The number of nitrogen functional groups attached to an aromatic ring is 1. The molecular weight excluding hydrogens is 555 g/mol. The van der Waals surface area contributed by atoms with Gasteiger partial charge in [-0.2, -0.15) is 5.10 Å². The van der Waals surface area contributed by atoms with Gasteiger partial charge < -0.3 is 21.4 Å². The van der Waals surface area contributed by atoms with E-state index in [1.807, 2.05) is 37.4 Å². The highest BCUT2D eigenvalue weighted by Crippen LogP contribution is 2.34. The summed E-state index contributed by atoms with van der Waals surface area (Å²) < 4.78 is 3.87. The molecule has 11 nitrogen and oxygen atoms in total. The van der Waals surface area contributed by atoms with Crippen molar-refractivity contribution in [2.75, 3.05) is 5.73 Å². The number of imidazole rings is 1. The van der Waals surface area contributed by atoms with Gasteiger partial charge in [-0.05, 0) is 97.5 Å². The average Bonchev–Trinajstić information content (AvgIpc) is 3.77. The molecule has 0 aliphatic heterocycles. The molecule has 216 valence electrons. The number of rotatable bonds is 5. The van der Waals surface area contributed by atoms with Crippen molar-refractivity contribution in [2.24, 2.45) is 5.73 Å². The molecule has 1 amide bonds. The molecule has 0 saturated heterocycles. The third kappa shape index (κ3) is 5.28. The van der Waals surface area contributed by atoms with Gasteiger partial charge in [0.1, 0.15) is 22.8 Å². The van der Waals surface area contributed by atoms with E-state index in [2.05, 4.69) is 32.8 Å². The standard InChI is InChI=1S/C24H21N7.C8H6BNO3/c1-15-13-20(30-12-4-11-27-30)28-24-21(15)29-23(19-7-3-10-26-22(19)25)31(24)18-9-8-16-5-2-6-17(16)14-18;9-7(12)5-3-4(8(10)13)1-2-6(5)11/h3-4,7-14H,2,5-6H2,1H3,(H2,25,26);1-3,11H,(H2,10,13). The van der Waals surface area contributed by atoms with Crippen molar-refractivity contribution in [1.29, 1.82) is 0 Å². The number of anilines is 1. The lowest BCUT2D eigenvalue weighted by Crippen LogP contribution is -2.12. The number of hydrogen-bond acceptors (Lipinski definition) is 8. The van der Waals surface area contributed by atoms with E-state index in [9.17, 15) is 9.59 Å². The first-order valence-electron chi connectivity index (χ1n) is 13.9. The van der Waals surface area contributed by atoms with E-state index in [0.717, 1.165) is 58.5 Å². The van der Waals surface area contributed by atoms with Crippen molar-refractivity contribution < 1.29 is 14.7 Å². The fourth-order valence-electron chi connectivity index (χ4n) is 5.32. The van der Waals surface area contributed by atoms with E-state index in [0.29, 0.717) is 5.82 Å². The van der Waals surface area contributed by atoms with Crippen LogP contribution >= 0.6 is 0 Å². The number of phenolic OH excluding ortho intramolecular Hbond substituents is 1. The number of aromatic nitrogens is 6. The SMILES string of the molecule is Cc1cc(-n2cccn2)nc2c1nc(-c1cccnc1N)n2-c1ccc2c(c1)CCC2.[B]C(=O)c1cc(C(N)=O)ccc1O. The van der Waals surface area contributed by atoms with Crippen LogP contribution in [0.4, 0.5) is 5.82 Å². The Balaban J connectivity index is 0.000000223. The zero-order valence-electron chi connectivity index (χ0n) is 23.8. The van der Waals surface area contributed by atoms with E-state index >= 15 is 0 Å². The lowest BCUT2D eigenvalue weighted by Gasteiger charge is -2.12. The van der Waals surface area contributed by atoms with E-state index in [1.54, 1.807) is 17.1 Å². The molecule has 4 heterocycles. The van der Waals surface area contributed by atoms with Crippen molar-refractivity contribution in [3.63, 3.8) is 0 Å². The maximum absolute atomic E-state index is 10.7. The van der Waals surface area contributed by atoms with Gasteiger partial charge in [0, 0.05) is 35.4 Å². The number of nitrogens with two attached hydrogens (primary N) is 2. The Bertz CT molecular complexity index is 2050. The minimum Gasteiger partial charge on any atom is -0.507 e. The monoisotopic (exact) mass is 582 g/mol. The Kier molecular flexibility index (Phi) is 7.40. The largest absolute Gasteiger partial charge is 0.507 e. The number of aromatic hydroxyl groups is 1.